The molecule has 1 atom stereocenters. The first-order chi connectivity index (χ1) is 14.6. The Morgan fingerprint density at radius 2 is 1.72 bits per heavy atom. The Kier molecular flexibility index (Phi) is 8.31. The number of carbonyl (C=O) groups excluding carboxylic acids is 1. The van der Waals surface area contributed by atoms with Gasteiger partial charge in [0.2, 0.25) is 5.91 Å². The fourth-order valence-corrected chi connectivity index (χ4v) is 4.27. The molecule has 32 heavy (non-hydrogen) atoms. The molecule has 0 radical (unpaired) electrons. The largest absolute Gasteiger partial charge is 0.418 e. The van der Waals surface area contributed by atoms with Gasteiger partial charge in [-0.05, 0) is 73.5 Å². The van der Waals surface area contributed by atoms with Crippen LogP contribution in [0.25, 0.3) is 11.1 Å². The number of aliphatic hydroxyl groups excluding tert-OH is 1. The zero-order valence-corrected chi connectivity index (χ0v) is 18.4. The zero-order valence-electron chi connectivity index (χ0n) is 17.6. The average molecular weight is 475 g/mol. The molecule has 0 aliphatic heterocycles. The zero-order chi connectivity index (χ0) is 22.8. The molecular weight excluding hydrogens is 448 g/mol. The molecule has 0 saturated heterocycles. The first-order valence-electron chi connectivity index (χ1n) is 10.2. The lowest BCUT2D eigenvalue weighted by Gasteiger charge is -2.38. The summed E-state index contributed by atoms with van der Waals surface area (Å²) in [6.45, 7) is 0. The number of rotatable bonds is 6. The summed E-state index contributed by atoms with van der Waals surface area (Å²) in [5, 5.41) is 12.6. The van der Waals surface area contributed by atoms with Crippen molar-refractivity contribution in [2.75, 3.05) is 7.05 Å². The molecule has 0 spiro atoms. The Balaban J connectivity index is 0.00000363. The molecule has 4 N–H and O–H groups in total. The van der Waals surface area contributed by atoms with E-state index in [1.165, 1.54) is 36.4 Å². The van der Waals surface area contributed by atoms with Crippen molar-refractivity contribution in [1.82, 2.24) is 5.32 Å². The van der Waals surface area contributed by atoms with Crippen LogP contribution in [0.1, 0.15) is 42.9 Å². The van der Waals surface area contributed by atoms with Crippen LogP contribution in [-0.2, 0) is 11.2 Å². The van der Waals surface area contributed by atoms with Gasteiger partial charge in [-0.2, -0.15) is 13.2 Å². The maximum Gasteiger partial charge on any atom is 0.418 e. The van der Waals surface area contributed by atoms with E-state index in [9.17, 15) is 27.5 Å². The fourth-order valence-electron chi connectivity index (χ4n) is 4.27. The minimum atomic E-state index is -4.75. The van der Waals surface area contributed by atoms with Crippen molar-refractivity contribution in [2.45, 2.75) is 50.4 Å². The van der Waals surface area contributed by atoms with E-state index >= 15 is 0 Å². The number of hydrogen-bond acceptors (Lipinski definition) is 3. The molecule has 2 aromatic carbocycles. The van der Waals surface area contributed by atoms with Gasteiger partial charge >= 0.3 is 6.18 Å². The van der Waals surface area contributed by atoms with Crippen LogP contribution >= 0.6 is 12.4 Å². The van der Waals surface area contributed by atoms with Crippen molar-refractivity contribution < 1.29 is 27.5 Å². The van der Waals surface area contributed by atoms with Gasteiger partial charge in [0.25, 0.3) is 0 Å². The van der Waals surface area contributed by atoms with Crippen LogP contribution in [0.3, 0.4) is 0 Å². The second-order valence-electron chi connectivity index (χ2n) is 8.26. The van der Waals surface area contributed by atoms with E-state index in [1.54, 1.807) is 6.07 Å². The average Bonchev–Trinajstić information content (AvgIpc) is 2.74. The Hall–Kier alpha value is -2.16. The third-order valence-corrected chi connectivity index (χ3v) is 6.32. The smallest absolute Gasteiger partial charge is 0.379 e. The van der Waals surface area contributed by atoms with Crippen molar-refractivity contribution in [3.05, 3.63) is 59.4 Å². The van der Waals surface area contributed by atoms with Gasteiger partial charge in [-0.1, -0.05) is 30.3 Å². The lowest BCUT2D eigenvalue weighted by Crippen LogP contribution is -2.45. The van der Waals surface area contributed by atoms with E-state index in [2.05, 4.69) is 5.32 Å². The molecular formula is C23H27ClF4N2O2. The topological polar surface area (TPSA) is 75.3 Å². The number of halogens is 5. The maximum absolute atomic E-state index is 14.6. The molecule has 4 nitrogen and oxygen atoms in total. The SMILES string of the molecule is CNC1CCC(Cc2cc(-c3ccc(C(O)C(F)(F)F)cc3)ccc2F)(C(N)=O)CC1.Cl. The van der Waals surface area contributed by atoms with Crippen LogP contribution in [-0.4, -0.2) is 30.3 Å². The van der Waals surface area contributed by atoms with Crippen LogP contribution in [0.4, 0.5) is 17.6 Å². The minimum absolute atomic E-state index is 0. The highest BCUT2D eigenvalue weighted by Gasteiger charge is 2.41. The van der Waals surface area contributed by atoms with Crippen LogP contribution < -0.4 is 11.1 Å². The van der Waals surface area contributed by atoms with E-state index in [4.69, 9.17) is 5.73 Å². The van der Waals surface area contributed by atoms with Crippen molar-refractivity contribution in [2.24, 2.45) is 11.1 Å². The molecule has 1 saturated carbocycles. The molecule has 0 bridgehead atoms. The third-order valence-electron chi connectivity index (χ3n) is 6.32. The number of aliphatic hydroxyl groups is 1. The van der Waals surface area contributed by atoms with Gasteiger partial charge in [0, 0.05) is 6.04 Å². The molecule has 0 aromatic heterocycles. The van der Waals surface area contributed by atoms with E-state index in [0.29, 0.717) is 35.6 Å². The van der Waals surface area contributed by atoms with Crippen LogP contribution in [0, 0.1) is 11.2 Å². The first kappa shape index (κ1) is 26.1. The summed E-state index contributed by atoms with van der Waals surface area (Å²) >= 11 is 0. The van der Waals surface area contributed by atoms with E-state index < -0.39 is 29.4 Å². The summed E-state index contributed by atoms with van der Waals surface area (Å²) in [5.41, 5.74) is 6.15. The van der Waals surface area contributed by atoms with E-state index in [-0.39, 0.29) is 24.4 Å². The highest BCUT2D eigenvalue weighted by Crippen LogP contribution is 2.40. The van der Waals surface area contributed by atoms with Gasteiger partial charge < -0.3 is 16.2 Å². The molecule has 1 fully saturated rings. The number of carbonyl (C=O) groups is 1. The van der Waals surface area contributed by atoms with Gasteiger partial charge in [0.1, 0.15) is 5.82 Å². The Bertz CT molecular complexity index is 927. The third kappa shape index (κ3) is 5.60. The molecule has 9 heteroatoms. The van der Waals surface area contributed by atoms with Crippen molar-refractivity contribution in [3.63, 3.8) is 0 Å². The number of benzene rings is 2. The Morgan fingerprint density at radius 3 is 2.22 bits per heavy atom. The molecule has 0 heterocycles. The standard InChI is InChI=1S/C23H26F4N2O2.ClH/c1-29-18-8-10-22(11-9-18,21(28)31)13-17-12-16(6-7-19(17)24)14-2-4-15(5-3-14)20(30)23(25,26)27;/h2-7,12,18,20,29-30H,8-11,13H2,1H3,(H2,28,31);1H. The highest BCUT2D eigenvalue weighted by atomic mass is 35.5. The van der Waals surface area contributed by atoms with Crippen molar-refractivity contribution in [3.8, 4) is 11.1 Å². The number of amides is 1. The van der Waals surface area contributed by atoms with Gasteiger partial charge in [0.15, 0.2) is 6.10 Å². The second kappa shape index (κ2) is 10.2. The second-order valence-corrected chi connectivity index (χ2v) is 8.26. The molecule has 1 unspecified atom stereocenters. The summed E-state index contributed by atoms with van der Waals surface area (Å²) in [5.74, 6) is -0.901. The summed E-state index contributed by atoms with van der Waals surface area (Å²) in [7, 11) is 1.87. The molecule has 176 valence electrons. The number of primary amides is 1. The van der Waals surface area contributed by atoms with E-state index in [1.807, 2.05) is 7.05 Å². The lowest BCUT2D eigenvalue weighted by atomic mass is 9.68. The quantitative estimate of drug-likeness (QED) is 0.532. The van der Waals surface area contributed by atoms with Gasteiger partial charge in [-0.15, -0.1) is 12.4 Å². The lowest BCUT2D eigenvalue weighted by molar-refractivity contribution is -0.206. The summed E-state index contributed by atoms with van der Waals surface area (Å²) in [6, 6.07) is 10.0. The summed E-state index contributed by atoms with van der Waals surface area (Å²) < 4.78 is 52.7. The molecule has 2 aromatic rings. The molecule has 1 amide bonds. The van der Waals surface area contributed by atoms with Gasteiger partial charge in [0.05, 0.1) is 5.41 Å². The number of nitrogens with one attached hydrogen (secondary N) is 1. The van der Waals surface area contributed by atoms with Crippen LogP contribution in [0.2, 0.25) is 0 Å². The Morgan fingerprint density at radius 1 is 1.16 bits per heavy atom. The first-order valence-corrected chi connectivity index (χ1v) is 10.2. The fraction of sp³-hybridized carbons (Fsp3) is 0.435. The van der Waals surface area contributed by atoms with Crippen LogP contribution in [0.15, 0.2) is 42.5 Å². The van der Waals surface area contributed by atoms with Gasteiger partial charge in [-0.25, -0.2) is 4.39 Å². The van der Waals surface area contributed by atoms with Crippen molar-refractivity contribution >= 4 is 18.3 Å². The highest BCUT2D eigenvalue weighted by molar-refractivity contribution is 5.85. The van der Waals surface area contributed by atoms with Crippen LogP contribution in [0.5, 0.6) is 0 Å². The number of alkyl halides is 3. The Labute approximate surface area is 190 Å². The number of hydrogen-bond donors (Lipinski definition) is 3. The molecule has 3 rings (SSSR count). The monoisotopic (exact) mass is 474 g/mol. The predicted octanol–water partition coefficient (Wildman–Crippen LogP) is 4.69. The van der Waals surface area contributed by atoms with E-state index in [0.717, 1.165) is 12.8 Å². The number of nitrogens with two attached hydrogens (primary N) is 1. The summed E-state index contributed by atoms with van der Waals surface area (Å²) in [6.07, 6.45) is -4.49. The maximum atomic E-state index is 14.6. The van der Waals surface area contributed by atoms with Crippen molar-refractivity contribution in [1.29, 1.82) is 0 Å². The minimum Gasteiger partial charge on any atom is -0.379 e. The molecule has 1 aliphatic rings. The van der Waals surface area contributed by atoms with Gasteiger partial charge in [-0.3, -0.25) is 4.79 Å². The summed E-state index contributed by atoms with van der Waals surface area (Å²) in [4.78, 5) is 12.3. The predicted molar refractivity (Wildman–Crippen MR) is 117 cm³/mol. The molecule has 1 aliphatic carbocycles. The normalized spacial score (nSPS) is 22.1.